The van der Waals surface area contributed by atoms with Crippen molar-refractivity contribution < 1.29 is 23.5 Å². The first-order chi connectivity index (χ1) is 16.5. The number of methoxy groups -OCH3 is 2. The molecule has 0 aromatic heterocycles. The van der Waals surface area contributed by atoms with Crippen LogP contribution in [0, 0.1) is 11.7 Å². The monoisotopic (exact) mass is 462 g/mol. The molecule has 6 nitrogen and oxygen atoms in total. The highest BCUT2D eigenvalue weighted by Gasteiger charge is 2.42. The number of rotatable bonds is 7. The van der Waals surface area contributed by atoms with Crippen molar-refractivity contribution in [1.29, 1.82) is 0 Å². The number of hydrogen-bond donors (Lipinski definition) is 1. The van der Waals surface area contributed by atoms with Crippen LogP contribution in [0.1, 0.15) is 27.4 Å². The Hall–Kier alpha value is -3.87. The van der Waals surface area contributed by atoms with Gasteiger partial charge in [0.1, 0.15) is 17.3 Å². The van der Waals surface area contributed by atoms with E-state index in [2.05, 4.69) is 5.32 Å². The fourth-order valence-electron chi connectivity index (χ4n) is 4.40. The standard InChI is InChI=1S/C27H27FN2O4/c1-33-19-12-13-20(25(14-19)34-2)22-16-30(27(32)21-10-6-7-11-24(21)28)17-23(22)26(31)29-15-18-8-4-3-5-9-18/h3-14,22-23H,15-17H2,1-2H3,(H,29,31)/t22-,23-/m0/s1. The second kappa shape index (κ2) is 10.4. The topological polar surface area (TPSA) is 67.9 Å². The molecule has 2 amide bonds. The van der Waals surface area contributed by atoms with Gasteiger partial charge < -0.3 is 19.7 Å². The number of nitrogens with zero attached hydrogens (tertiary/aromatic N) is 1. The largest absolute Gasteiger partial charge is 0.497 e. The first-order valence-electron chi connectivity index (χ1n) is 11.1. The van der Waals surface area contributed by atoms with Crippen molar-refractivity contribution in [3.05, 3.63) is 95.3 Å². The third kappa shape index (κ3) is 4.88. The average Bonchev–Trinajstić information content (AvgIpc) is 3.32. The maximum atomic E-state index is 14.3. The molecule has 1 heterocycles. The second-order valence-electron chi connectivity index (χ2n) is 8.21. The summed E-state index contributed by atoms with van der Waals surface area (Å²) >= 11 is 0. The quantitative estimate of drug-likeness (QED) is 0.576. The van der Waals surface area contributed by atoms with Gasteiger partial charge in [-0.1, -0.05) is 48.5 Å². The molecule has 0 unspecified atom stereocenters. The van der Waals surface area contributed by atoms with Gasteiger partial charge in [-0.05, 0) is 23.8 Å². The van der Waals surface area contributed by atoms with Crippen molar-refractivity contribution in [1.82, 2.24) is 10.2 Å². The highest BCUT2D eigenvalue weighted by atomic mass is 19.1. The predicted octanol–water partition coefficient (Wildman–Crippen LogP) is 4.02. The zero-order valence-corrected chi connectivity index (χ0v) is 19.2. The van der Waals surface area contributed by atoms with E-state index < -0.39 is 17.6 Å². The van der Waals surface area contributed by atoms with E-state index in [9.17, 15) is 14.0 Å². The Morgan fingerprint density at radius 2 is 1.71 bits per heavy atom. The van der Waals surface area contributed by atoms with Crippen LogP contribution in [0.25, 0.3) is 0 Å². The van der Waals surface area contributed by atoms with Crippen molar-refractivity contribution in [2.75, 3.05) is 27.3 Å². The Kier molecular flexibility index (Phi) is 7.11. The summed E-state index contributed by atoms with van der Waals surface area (Å²) in [4.78, 5) is 28.0. The molecule has 0 saturated carbocycles. The lowest BCUT2D eigenvalue weighted by atomic mass is 9.87. The number of benzene rings is 3. The number of amides is 2. The first kappa shape index (κ1) is 23.3. The van der Waals surface area contributed by atoms with Crippen molar-refractivity contribution in [3.63, 3.8) is 0 Å². The van der Waals surface area contributed by atoms with Crippen molar-refractivity contribution in [2.24, 2.45) is 5.92 Å². The smallest absolute Gasteiger partial charge is 0.256 e. The van der Waals surface area contributed by atoms with Gasteiger partial charge in [-0.2, -0.15) is 0 Å². The minimum Gasteiger partial charge on any atom is -0.497 e. The average molecular weight is 463 g/mol. The van der Waals surface area contributed by atoms with E-state index in [1.54, 1.807) is 43.4 Å². The van der Waals surface area contributed by atoms with Crippen LogP contribution in [0.15, 0.2) is 72.8 Å². The molecule has 34 heavy (non-hydrogen) atoms. The van der Waals surface area contributed by atoms with Crippen molar-refractivity contribution >= 4 is 11.8 Å². The lowest BCUT2D eigenvalue weighted by molar-refractivity contribution is -0.125. The highest BCUT2D eigenvalue weighted by Crippen LogP contribution is 2.40. The number of carbonyl (C=O) groups excluding carboxylic acids is 2. The minimum absolute atomic E-state index is 0.00621. The van der Waals surface area contributed by atoms with E-state index in [1.165, 1.54) is 12.1 Å². The molecule has 3 aromatic carbocycles. The molecule has 1 saturated heterocycles. The van der Waals surface area contributed by atoms with Crippen LogP contribution < -0.4 is 14.8 Å². The van der Waals surface area contributed by atoms with Gasteiger partial charge in [0, 0.05) is 37.2 Å². The fraction of sp³-hybridized carbons (Fsp3) is 0.259. The number of carbonyl (C=O) groups is 2. The highest BCUT2D eigenvalue weighted by molar-refractivity contribution is 5.95. The minimum atomic E-state index is -0.581. The summed E-state index contributed by atoms with van der Waals surface area (Å²) < 4.78 is 25.2. The van der Waals surface area contributed by atoms with Gasteiger partial charge in [-0.15, -0.1) is 0 Å². The van der Waals surface area contributed by atoms with Crippen LogP contribution in [0.3, 0.4) is 0 Å². The number of nitrogens with one attached hydrogen (secondary N) is 1. The summed E-state index contributed by atoms with van der Waals surface area (Å²) in [6.07, 6.45) is 0. The molecular formula is C27H27FN2O4. The fourth-order valence-corrected chi connectivity index (χ4v) is 4.40. The van der Waals surface area contributed by atoms with Crippen LogP contribution in [0.2, 0.25) is 0 Å². The Morgan fingerprint density at radius 3 is 2.41 bits per heavy atom. The molecule has 1 fully saturated rings. The van der Waals surface area contributed by atoms with E-state index >= 15 is 0 Å². The third-order valence-corrected chi connectivity index (χ3v) is 6.20. The molecule has 7 heteroatoms. The molecular weight excluding hydrogens is 435 g/mol. The summed E-state index contributed by atoms with van der Waals surface area (Å²) in [6, 6.07) is 20.9. The molecule has 1 aliphatic heterocycles. The summed E-state index contributed by atoms with van der Waals surface area (Å²) in [5.74, 6) is -0.838. The molecule has 1 aliphatic rings. The lowest BCUT2D eigenvalue weighted by Crippen LogP contribution is -2.35. The van der Waals surface area contributed by atoms with Crippen LogP contribution in [-0.2, 0) is 11.3 Å². The molecule has 2 atom stereocenters. The normalized spacial score (nSPS) is 17.3. The van der Waals surface area contributed by atoms with Gasteiger partial charge in [0.25, 0.3) is 5.91 Å². The number of hydrogen-bond acceptors (Lipinski definition) is 4. The van der Waals surface area contributed by atoms with Gasteiger partial charge in [-0.25, -0.2) is 4.39 Å². The van der Waals surface area contributed by atoms with E-state index in [1.807, 2.05) is 36.4 Å². The Bertz CT molecular complexity index is 1170. The molecule has 176 valence electrons. The molecule has 0 spiro atoms. The van der Waals surface area contributed by atoms with Crippen molar-refractivity contribution in [3.8, 4) is 11.5 Å². The molecule has 0 radical (unpaired) electrons. The Labute approximate surface area is 198 Å². The van der Waals surface area contributed by atoms with E-state index in [-0.39, 0.29) is 30.5 Å². The molecule has 4 rings (SSSR count). The Balaban J connectivity index is 1.62. The zero-order chi connectivity index (χ0) is 24.1. The summed E-state index contributed by atoms with van der Waals surface area (Å²) in [5, 5.41) is 2.99. The third-order valence-electron chi connectivity index (χ3n) is 6.20. The van der Waals surface area contributed by atoms with E-state index in [4.69, 9.17) is 9.47 Å². The van der Waals surface area contributed by atoms with Crippen LogP contribution in [0.4, 0.5) is 4.39 Å². The van der Waals surface area contributed by atoms with Gasteiger partial charge in [0.05, 0.1) is 25.7 Å². The first-order valence-corrected chi connectivity index (χ1v) is 11.1. The van der Waals surface area contributed by atoms with Crippen LogP contribution >= 0.6 is 0 Å². The zero-order valence-electron chi connectivity index (χ0n) is 19.2. The number of likely N-dealkylation sites (tertiary alicyclic amines) is 1. The predicted molar refractivity (Wildman–Crippen MR) is 126 cm³/mol. The van der Waals surface area contributed by atoms with Gasteiger partial charge in [0.15, 0.2) is 0 Å². The summed E-state index contributed by atoms with van der Waals surface area (Å²) in [5.41, 5.74) is 1.77. The second-order valence-corrected chi connectivity index (χ2v) is 8.21. The van der Waals surface area contributed by atoms with Gasteiger partial charge in [-0.3, -0.25) is 9.59 Å². The van der Waals surface area contributed by atoms with E-state index in [0.29, 0.717) is 18.0 Å². The maximum absolute atomic E-state index is 14.3. The number of ether oxygens (including phenoxy) is 2. The lowest BCUT2D eigenvalue weighted by Gasteiger charge is -2.21. The van der Waals surface area contributed by atoms with Crippen LogP contribution in [0.5, 0.6) is 11.5 Å². The molecule has 1 N–H and O–H groups in total. The summed E-state index contributed by atoms with van der Waals surface area (Å²) in [7, 11) is 3.12. The molecule has 0 aliphatic carbocycles. The number of halogens is 1. The Morgan fingerprint density at radius 1 is 0.971 bits per heavy atom. The summed E-state index contributed by atoms with van der Waals surface area (Å²) in [6.45, 7) is 0.816. The van der Waals surface area contributed by atoms with Crippen molar-refractivity contribution in [2.45, 2.75) is 12.5 Å². The van der Waals surface area contributed by atoms with E-state index in [0.717, 1.165) is 11.1 Å². The van der Waals surface area contributed by atoms with Crippen LogP contribution in [-0.4, -0.2) is 44.0 Å². The molecule has 0 bridgehead atoms. The van der Waals surface area contributed by atoms with Gasteiger partial charge >= 0.3 is 0 Å². The molecule has 3 aromatic rings. The SMILES string of the molecule is COc1ccc([C@@H]2CN(C(=O)c3ccccc3F)C[C@@H]2C(=O)NCc2ccccc2)c(OC)c1. The maximum Gasteiger partial charge on any atom is 0.256 e. The van der Waals surface area contributed by atoms with Gasteiger partial charge in [0.2, 0.25) is 5.91 Å².